The fourth-order valence-electron chi connectivity index (χ4n) is 1.62. The van der Waals surface area contributed by atoms with E-state index in [-0.39, 0.29) is 0 Å². The smallest absolute Gasteiger partial charge is 0.194 e. The minimum Gasteiger partial charge on any atom is -0.311 e. The molecule has 3 nitrogen and oxygen atoms in total. The second-order valence-corrected chi connectivity index (χ2v) is 7.01. The number of aromatic nitrogens is 2. The van der Waals surface area contributed by atoms with E-state index in [9.17, 15) is 0 Å². The quantitative estimate of drug-likeness (QED) is 0.821. The maximum absolute atomic E-state index is 4.75. The molecule has 5 heteroatoms. The van der Waals surface area contributed by atoms with E-state index >= 15 is 0 Å². The molecule has 0 radical (unpaired) electrons. The zero-order valence-electron chi connectivity index (χ0n) is 11.4. The molecule has 2 heterocycles. The number of hydrogen-bond acceptors (Lipinski definition) is 4. The Hall–Kier alpha value is -0.520. The van der Waals surface area contributed by atoms with Crippen molar-refractivity contribution in [2.45, 2.75) is 44.5 Å². The third kappa shape index (κ3) is 2.90. The molecule has 0 aliphatic carbocycles. The van der Waals surface area contributed by atoms with Crippen molar-refractivity contribution in [3.63, 3.8) is 0 Å². The minimum atomic E-state index is 0.593. The monoisotopic (exact) mass is 283 g/mol. The van der Waals surface area contributed by atoms with Gasteiger partial charge in [0.15, 0.2) is 4.96 Å². The second kappa shape index (κ2) is 6.08. The lowest BCUT2D eigenvalue weighted by molar-refractivity contribution is 0.640. The molecular formula is C13H21N3S2. The summed E-state index contributed by atoms with van der Waals surface area (Å²) < 4.78 is 2.21. The number of fused-ring (bicyclic) bond motifs is 1. The van der Waals surface area contributed by atoms with Crippen molar-refractivity contribution < 1.29 is 0 Å². The van der Waals surface area contributed by atoms with Crippen LogP contribution in [0.3, 0.4) is 0 Å². The molecule has 0 aliphatic heterocycles. The number of imidazole rings is 1. The minimum absolute atomic E-state index is 0.593. The Morgan fingerprint density at radius 3 is 2.89 bits per heavy atom. The van der Waals surface area contributed by atoms with Gasteiger partial charge >= 0.3 is 0 Å². The van der Waals surface area contributed by atoms with Gasteiger partial charge in [-0.15, -0.1) is 23.1 Å². The zero-order chi connectivity index (χ0) is 13.1. The molecule has 1 atom stereocenters. The Kier molecular flexibility index (Phi) is 4.70. The summed E-state index contributed by atoms with van der Waals surface area (Å²) in [6.07, 6.45) is 2.11. The van der Waals surface area contributed by atoms with Crippen LogP contribution in [-0.2, 0) is 6.54 Å². The van der Waals surface area contributed by atoms with E-state index in [1.54, 1.807) is 11.3 Å². The van der Waals surface area contributed by atoms with Crippen molar-refractivity contribution in [2.75, 3.05) is 6.54 Å². The fourth-order valence-corrected chi connectivity index (χ4v) is 3.48. The van der Waals surface area contributed by atoms with Gasteiger partial charge < -0.3 is 5.32 Å². The predicted molar refractivity (Wildman–Crippen MR) is 80.6 cm³/mol. The SMILES string of the molecule is CCNCc1c(SC(C)C(C)C)nc2sccn12. The van der Waals surface area contributed by atoms with Crippen LogP contribution in [0.15, 0.2) is 16.6 Å². The van der Waals surface area contributed by atoms with Crippen LogP contribution < -0.4 is 5.32 Å². The first-order valence-electron chi connectivity index (χ1n) is 6.45. The van der Waals surface area contributed by atoms with Crippen molar-refractivity contribution >= 4 is 28.1 Å². The van der Waals surface area contributed by atoms with Gasteiger partial charge in [-0.25, -0.2) is 4.98 Å². The second-order valence-electron chi connectivity index (χ2n) is 4.77. The summed E-state index contributed by atoms with van der Waals surface area (Å²) >= 11 is 3.60. The third-order valence-corrected chi connectivity index (χ3v) is 5.33. The molecular weight excluding hydrogens is 262 g/mol. The first-order chi connectivity index (χ1) is 8.63. The molecule has 0 saturated carbocycles. The van der Waals surface area contributed by atoms with Crippen molar-refractivity contribution in [1.29, 1.82) is 0 Å². The highest BCUT2D eigenvalue weighted by atomic mass is 32.2. The topological polar surface area (TPSA) is 29.3 Å². The highest BCUT2D eigenvalue weighted by molar-refractivity contribution is 7.99. The molecule has 0 bridgehead atoms. The van der Waals surface area contributed by atoms with Gasteiger partial charge in [0, 0.05) is 23.4 Å². The van der Waals surface area contributed by atoms with E-state index in [0.29, 0.717) is 11.2 Å². The first kappa shape index (κ1) is 13.9. The summed E-state index contributed by atoms with van der Waals surface area (Å²) in [5.74, 6) is 0.668. The fraction of sp³-hybridized carbons (Fsp3) is 0.615. The van der Waals surface area contributed by atoms with Crippen LogP contribution >= 0.6 is 23.1 Å². The molecule has 0 spiro atoms. The van der Waals surface area contributed by atoms with Crippen LogP contribution in [-0.4, -0.2) is 21.2 Å². The molecule has 0 aromatic carbocycles. The molecule has 100 valence electrons. The van der Waals surface area contributed by atoms with Crippen LogP contribution in [0, 0.1) is 5.92 Å². The number of thioether (sulfide) groups is 1. The van der Waals surface area contributed by atoms with Gasteiger partial charge in [-0.05, 0) is 12.5 Å². The van der Waals surface area contributed by atoms with Crippen LogP contribution in [0.4, 0.5) is 0 Å². The molecule has 0 saturated heterocycles. The van der Waals surface area contributed by atoms with E-state index in [1.807, 2.05) is 11.8 Å². The maximum atomic E-state index is 4.75. The van der Waals surface area contributed by atoms with Crippen LogP contribution in [0.25, 0.3) is 4.96 Å². The third-order valence-electron chi connectivity index (χ3n) is 3.10. The molecule has 0 aliphatic rings. The summed E-state index contributed by atoms with van der Waals surface area (Å²) in [5.41, 5.74) is 1.30. The number of nitrogens with one attached hydrogen (secondary N) is 1. The molecule has 2 aromatic rings. The van der Waals surface area contributed by atoms with Gasteiger partial charge in [-0.1, -0.05) is 27.7 Å². The van der Waals surface area contributed by atoms with Gasteiger partial charge in [0.1, 0.15) is 5.03 Å². The van der Waals surface area contributed by atoms with Gasteiger partial charge in [-0.3, -0.25) is 4.40 Å². The standard InChI is InChI=1S/C13H21N3S2/c1-5-14-8-11-12(18-10(4)9(2)3)15-13-16(11)6-7-17-13/h6-7,9-10,14H,5,8H2,1-4H3. The highest BCUT2D eigenvalue weighted by Gasteiger charge is 2.17. The summed E-state index contributed by atoms with van der Waals surface area (Å²) in [7, 11) is 0. The van der Waals surface area contributed by atoms with Crippen LogP contribution in [0.2, 0.25) is 0 Å². The average molecular weight is 283 g/mol. The van der Waals surface area contributed by atoms with E-state index in [0.717, 1.165) is 18.1 Å². The maximum Gasteiger partial charge on any atom is 0.194 e. The normalized spacial score (nSPS) is 13.6. The molecule has 0 amide bonds. The summed E-state index contributed by atoms with van der Waals surface area (Å²) in [4.78, 5) is 5.85. The molecule has 0 fully saturated rings. The molecule has 1 N–H and O–H groups in total. The number of hydrogen-bond donors (Lipinski definition) is 1. The Bertz CT molecular complexity index is 501. The van der Waals surface area contributed by atoms with Crippen molar-refractivity contribution in [1.82, 2.24) is 14.7 Å². The van der Waals surface area contributed by atoms with Crippen LogP contribution in [0.5, 0.6) is 0 Å². The van der Waals surface area contributed by atoms with Gasteiger partial charge in [0.2, 0.25) is 0 Å². The van der Waals surface area contributed by atoms with E-state index in [4.69, 9.17) is 4.98 Å². The van der Waals surface area contributed by atoms with Crippen molar-refractivity contribution in [3.8, 4) is 0 Å². The van der Waals surface area contributed by atoms with Crippen LogP contribution in [0.1, 0.15) is 33.4 Å². The largest absolute Gasteiger partial charge is 0.311 e. The van der Waals surface area contributed by atoms with Gasteiger partial charge in [0.05, 0.1) is 5.69 Å². The zero-order valence-corrected chi connectivity index (χ0v) is 13.1. The van der Waals surface area contributed by atoms with E-state index in [2.05, 4.69) is 49.0 Å². The number of rotatable bonds is 6. The Labute approximate surface area is 117 Å². The van der Waals surface area contributed by atoms with Crippen molar-refractivity contribution in [3.05, 3.63) is 17.3 Å². The summed E-state index contributed by atoms with van der Waals surface area (Å²) in [6.45, 7) is 10.8. The number of nitrogens with zero attached hydrogens (tertiary/aromatic N) is 2. The molecule has 2 aromatic heterocycles. The lowest BCUT2D eigenvalue weighted by Gasteiger charge is -2.14. The molecule has 2 rings (SSSR count). The first-order valence-corrected chi connectivity index (χ1v) is 8.21. The highest BCUT2D eigenvalue weighted by Crippen LogP contribution is 2.31. The predicted octanol–water partition coefficient (Wildman–Crippen LogP) is 3.64. The Balaban J connectivity index is 2.27. The average Bonchev–Trinajstić information content (AvgIpc) is 2.87. The lowest BCUT2D eigenvalue weighted by atomic mass is 10.2. The van der Waals surface area contributed by atoms with Gasteiger partial charge in [-0.2, -0.15) is 0 Å². The summed E-state index contributed by atoms with van der Waals surface area (Å²) in [5, 5.41) is 7.28. The lowest BCUT2D eigenvalue weighted by Crippen LogP contribution is -2.14. The Morgan fingerprint density at radius 1 is 1.44 bits per heavy atom. The summed E-state index contributed by atoms with van der Waals surface area (Å²) in [6, 6.07) is 0. The van der Waals surface area contributed by atoms with E-state index in [1.165, 1.54) is 10.7 Å². The Morgan fingerprint density at radius 2 is 2.22 bits per heavy atom. The molecule has 1 unspecified atom stereocenters. The molecule has 18 heavy (non-hydrogen) atoms. The van der Waals surface area contributed by atoms with Crippen molar-refractivity contribution in [2.24, 2.45) is 5.92 Å². The van der Waals surface area contributed by atoms with Gasteiger partial charge in [0.25, 0.3) is 0 Å². The number of thiazole rings is 1. The van der Waals surface area contributed by atoms with E-state index < -0.39 is 0 Å².